The first kappa shape index (κ1) is 16.5. The average molecular weight is 313 g/mol. The van der Waals surface area contributed by atoms with Crippen LogP contribution < -0.4 is 10.2 Å². The second kappa shape index (κ2) is 6.91. The van der Waals surface area contributed by atoms with Gasteiger partial charge in [0.15, 0.2) is 0 Å². The number of anilines is 2. The van der Waals surface area contributed by atoms with Gasteiger partial charge in [0, 0.05) is 18.8 Å². The van der Waals surface area contributed by atoms with E-state index in [1.54, 1.807) is 30.1 Å². The largest absolute Gasteiger partial charge is 0.360 e. The van der Waals surface area contributed by atoms with E-state index in [9.17, 15) is 14.9 Å². The molecule has 0 fully saturated rings. The Hall–Kier alpha value is -2.89. The lowest BCUT2D eigenvalue weighted by Crippen LogP contribution is -2.30. The lowest BCUT2D eigenvalue weighted by Gasteiger charge is -2.19. The van der Waals surface area contributed by atoms with Crippen molar-refractivity contribution in [2.24, 2.45) is 0 Å². The van der Waals surface area contributed by atoms with Crippen molar-refractivity contribution in [3.05, 3.63) is 63.7 Å². The Balaban J connectivity index is 2.13. The van der Waals surface area contributed by atoms with Crippen LogP contribution in [0.1, 0.15) is 11.1 Å². The number of hydrogen-bond donors (Lipinski definition) is 1. The summed E-state index contributed by atoms with van der Waals surface area (Å²) in [5.74, 6) is -0.219. The fourth-order valence-corrected chi connectivity index (χ4v) is 2.43. The molecule has 6 nitrogen and oxygen atoms in total. The van der Waals surface area contributed by atoms with Crippen molar-refractivity contribution in [2.75, 3.05) is 23.8 Å². The SMILES string of the molecule is Cc1cccc(C)c1NC(=O)CN(C)c1ccccc1[N+](=O)[O-]. The molecule has 0 saturated heterocycles. The van der Waals surface area contributed by atoms with Crippen LogP contribution in [-0.2, 0) is 4.79 Å². The van der Waals surface area contributed by atoms with Gasteiger partial charge in [-0.1, -0.05) is 30.3 Å². The summed E-state index contributed by atoms with van der Waals surface area (Å²) in [6, 6.07) is 12.1. The van der Waals surface area contributed by atoms with Crippen molar-refractivity contribution in [1.29, 1.82) is 0 Å². The van der Waals surface area contributed by atoms with Crippen LogP contribution in [0, 0.1) is 24.0 Å². The van der Waals surface area contributed by atoms with Crippen molar-refractivity contribution in [3.8, 4) is 0 Å². The molecule has 0 aromatic heterocycles. The number of nitro groups is 1. The molecule has 0 radical (unpaired) electrons. The van der Waals surface area contributed by atoms with Crippen molar-refractivity contribution >= 4 is 23.0 Å². The maximum Gasteiger partial charge on any atom is 0.292 e. The first-order valence-electron chi connectivity index (χ1n) is 7.20. The van der Waals surface area contributed by atoms with E-state index >= 15 is 0 Å². The van der Waals surface area contributed by atoms with E-state index in [1.807, 2.05) is 32.0 Å². The summed E-state index contributed by atoms with van der Waals surface area (Å²) in [6.07, 6.45) is 0. The molecule has 0 aliphatic rings. The molecule has 1 N–H and O–H groups in total. The maximum atomic E-state index is 12.3. The number of carbonyl (C=O) groups excluding carboxylic acids is 1. The van der Waals surface area contributed by atoms with Gasteiger partial charge < -0.3 is 10.2 Å². The van der Waals surface area contributed by atoms with Crippen LogP contribution >= 0.6 is 0 Å². The molecule has 2 aromatic carbocycles. The zero-order valence-corrected chi connectivity index (χ0v) is 13.4. The van der Waals surface area contributed by atoms with E-state index in [2.05, 4.69) is 5.32 Å². The molecule has 23 heavy (non-hydrogen) atoms. The molecule has 0 aliphatic heterocycles. The van der Waals surface area contributed by atoms with Gasteiger partial charge in [-0.15, -0.1) is 0 Å². The molecular weight excluding hydrogens is 294 g/mol. The molecular formula is C17H19N3O3. The molecule has 0 saturated carbocycles. The van der Waals surface area contributed by atoms with Gasteiger partial charge in [0.25, 0.3) is 5.69 Å². The van der Waals surface area contributed by atoms with E-state index in [-0.39, 0.29) is 18.1 Å². The van der Waals surface area contributed by atoms with Crippen LogP contribution in [0.25, 0.3) is 0 Å². The number of amides is 1. The number of nitrogens with zero attached hydrogens (tertiary/aromatic N) is 2. The van der Waals surface area contributed by atoms with Crippen molar-refractivity contribution in [1.82, 2.24) is 0 Å². The quantitative estimate of drug-likeness (QED) is 0.679. The third-order valence-electron chi connectivity index (χ3n) is 3.62. The number of carbonyl (C=O) groups is 1. The van der Waals surface area contributed by atoms with Crippen molar-refractivity contribution in [3.63, 3.8) is 0 Å². The van der Waals surface area contributed by atoms with E-state index in [1.165, 1.54) is 6.07 Å². The molecule has 0 spiro atoms. The lowest BCUT2D eigenvalue weighted by atomic mass is 10.1. The van der Waals surface area contributed by atoms with Crippen LogP contribution in [0.3, 0.4) is 0 Å². The first-order chi connectivity index (χ1) is 10.9. The van der Waals surface area contributed by atoms with Crippen LogP contribution in [0.2, 0.25) is 0 Å². The molecule has 0 unspecified atom stereocenters. The Morgan fingerprint density at radius 2 is 1.74 bits per heavy atom. The summed E-state index contributed by atoms with van der Waals surface area (Å²) in [6.45, 7) is 3.88. The van der Waals surface area contributed by atoms with Gasteiger partial charge in [-0.25, -0.2) is 0 Å². The number of aryl methyl sites for hydroxylation is 2. The van der Waals surface area contributed by atoms with Gasteiger partial charge in [-0.3, -0.25) is 14.9 Å². The Bertz CT molecular complexity index is 723. The Morgan fingerprint density at radius 1 is 1.13 bits per heavy atom. The third-order valence-corrected chi connectivity index (χ3v) is 3.62. The van der Waals surface area contributed by atoms with Gasteiger partial charge in [0.05, 0.1) is 11.5 Å². The summed E-state index contributed by atoms with van der Waals surface area (Å²) < 4.78 is 0. The summed E-state index contributed by atoms with van der Waals surface area (Å²) >= 11 is 0. The van der Waals surface area contributed by atoms with Gasteiger partial charge in [-0.2, -0.15) is 0 Å². The Morgan fingerprint density at radius 3 is 2.35 bits per heavy atom. The minimum atomic E-state index is -0.449. The molecule has 0 aliphatic carbocycles. The van der Waals surface area contributed by atoms with E-state index in [4.69, 9.17) is 0 Å². The Labute approximate surface area is 134 Å². The highest BCUT2D eigenvalue weighted by atomic mass is 16.6. The minimum absolute atomic E-state index is 0.0186. The monoisotopic (exact) mass is 313 g/mol. The number of para-hydroxylation sites is 3. The van der Waals surface area contributed by atoms with Gasteiger partial charge in [0.2, 0.25) is 5.91 Å². The molecule has 2 rings (SSSR count). The fourth-order valence-electron chi connectivity index (χ4n) is 2.43. The minimum Gasteiger partial charge on any atom is -0.360 e. The average Bonchev–Trinajstić information content (AvgIpc) is 2.51. The summed E-state index contributed by atoms with van der Waals surface area (Å²) in [5, 5.41) is 13.9. The molecule has 0 heterocycles. The van der Waals surface area contributed by atoms with Crippen LogP contribution in [0.4, 0.5) is 17.1 Å². The predicted octanol–water partition coefficient (Wildman–Crippen LogP) is 3.29. The normalized spacial score (nSPS) is 10.2. The van der Waals surface area contributed by atoms with Crippen molar-refractivity contribution < 1.29 is 9.72 Å². The molecule has 120 valence electrons. The second-order valence-electron chi connectivity index (χ2n) is 5.42. The highest BCUT2D eigenvalue weighted by Crippen LogP contribution is 2.26. The van der Waals surface area contributed by atoms with Crippen LogP contribution in [0.15, 0.2) is 42.5 Å². The van der Waals surface area contributed by atoms with Gasteiger partial charge in [-0.05, 0) is 31.0 Å². The highest BCUT2D eigenvalue weighted by Gasteiger charge is 2.18. The highest BCUT2D eigenvalue weighted by molar-refractivity contribution is 5.95. The first-order valence-corrected chi connectivity index (χ1v) is 7.20. The zero-order valence-electron chi connectivity index (χ0n) is 13.4. The number of nitrogens with one attached hydrogen (secondary N) is 1. The number of nitro benzene ring substituents is 1. The number of benzene rings is 2. The molecule has 1 amide bonds. The smallest absolute Gasteiger partial charge is 0.292 e. The summed E-state index contributed by atoms with van der Waals surface area (Å²) in [5.41, 5.74) is 3.14. The third kappa shape index (κ3) is 3.85. The van der Waals surface area contributed by atoms with E-state index < -0.39 is 4.92 Å². The fraction of sp³-hybridized carbons (Fsp3) is 0.235. The molecule has 6 heteroatoms. The summed E-state index contributed by atoms with van der Waals surface area (Å²) in [4.78, 5) is 24.5. The lowest BCUT2D eigenvalue weighted by molar-refractivity contribution is -0.384. The van der Waals surface area contributed by atoms with Crippen LogP contribution in [-0.4, -0.2) is 24.4 Å². The van der Waals surface area contributed by atoms with Crippen molar-refractivity contribution in [2.45, 2.75) is 13.8 Å². The molecule has 0 atom stereocenters. The second-order valence-corrected chi connectivity index (χ2v) is 5.42. The number of likely N-dealkylation sites (N-methyl/N-ethyl adjacent to an activating group) is 1. The summed E-state index contributed by atoms with van der Waals surface area (Å²) in [7, 11) is 1.66. The molecule has 2 aromatic rings. The van der Waals surface area contributed by atoms with Crippen LogP contribution in [0.5, 0.6) is 0 Å². The number of rotatable bonds is 5. The number of hydrogen-bond acceptors (Lipinski definition) is 4. The zero-order chi connectivity index (χ0) is 17.0. The Kier molecular flexibility index (Phi) is 4.95. The maximum absolute atomic E-state index is 12.3. The van der Waals surface area contributed by atoms with E-state index in [0.717, 1.165) is 16.8 Å². The van der Waals surface area contributed by atoms with Gasteiger partial charge >= 0.3 is 0 Å². The standard InChI is InChI=1S/C17H19N3O3/c1-12-7-6-8-13(2)17(12)18-16(21)11-19(3)14-9-4-5-10-15(14)20(22)23/h4-10H,11H2,1-3H3,(H,18,21). The molecule has 0 bridgehead atoms. The topological polar surface area (TPSA) is 75.5 Å². The van der Waals surface area contributed by atoms with Gasteiger partial charge in [0.1, 0.15) is 5.69 Å². The van der Waals surface area contributed by atoms with E-state index in [0.29, 0.717) is 5.69 Å². The predicted molar refractivity (Wildman–Crippen MR) is 90.9 cm³/mol.